The first-order valence-corrected chi connectivity index (χ1v) is 5.79. The van der Waals surface area contributed by atoms with E-state index in [2.05, 4.69) is 10.3 Å². The summed E-state index contributed by atoms with van der Waals surface area (Å²) in [7, 11) is -1.49. The monoisotopic (exact) mass is 240 g/mol. The zero-order valence-corrected chi connectivity index (χ0v) is 9.61. The Bertz CT molecular complexity index is 370. The zero-order valence-electron chi connectivity index (χ0n) is 8.86. The standard InChI is InChI=1S/C10H14BClN2O2/c12-10-5-8(11(15)16)4-9(14-10)7-2-1-3-13-6-7/h4-5,7,13,15-16H,1-3,6H2. The molecule has 1 aliphatic heterocycles. The number of halogens is 1. The zero-order chi connectivity index (χ0) is 11.5. The second kappa shape index (κ2) is 5.14. The van der Waals surface area contributed by atoms with E-state index >= 15 is 0 Å². The summed E-state index contributed by atoms with van der Waals surface area (Å²) in [5.41, 5.74) is 1.24. The van der Waals surface area contributed by atoms with Crippen molar-refractivity contribution in [3.05, 3.63) is 23.0 Å². The lowest BCUT2D eigenvalue weighted by Gasteiger charge is -2.22. The predicted molar refractivity (Wildman–Crippen MR) is 63.9 cm³/mol. The Morgan fingerprint density at radius 2 is 2.25 bits per heavy atom. The highest BCUT2D eigenvalue weighted by Crippen LogP contribution is 2.21. The van der Waals surface area contributed by atoms with Crippen LogP contribution in [-0.4, -0.2) is 35.2 Å². The number of rotatable bonds is 2. The molecule has 1 aromatic heterocycles. The van der Waals surface area contributed by atoms with Crippen LogP contribution in [0.25, 0.3) is 0 Å². The normalized spacial score (nSPS) is 20.8. The van der Waals surface area contributed by atoms with Gasteiger partial charge in [0.25, 0.3) is 0 Å². The van der Waals surface area contributed by atoms with E-state index in [-0.39, 0.29) is 0 Å². The van der Waals surface area contributed by atoms with Gasteiger partial charge in [0.05, 0.1) is 0 Å². The number of nitrogens with zero attached hydrogens (tertiary/aromatic N) is 1. The fraction of sp³-hybridized carbons (Fsp3) is 0.500. The number of aromatic nitrogens is 1. The van der Waals surface area contributed by atoms with E-state index in [9.17, 15) is 0 Å². The van der Waals surface area contributed by atoms with Crippen LogP contribution in [0.2, 0.25) is 5.15 Å². The van der Waals surface area contributed by atoms with Crippen molar-refractivity contribution < 1.29 is 10.0 Å². The molecule has 3 N–H and O–H groups in total. The van der Waals surface area contributed by atoms with E-state index in [1.54, 1.807) is 6.07 Å². The molecule has 16 heavy (non-hydrogen) atoms. The maximum atomic E-state index is 9.12. The van der Waals surface area contributed by atoms with Gasteiger partial charge in [0.1, 0.15) is 5.15 Å². The molecule has 1 aliphatic rings. The lowest BCUT2D eigenvalue weighted by Crippen LogP contribution is -2.33. The first kappa shape index (κ1) is 11.9. The van der Waals surface area contributed by atoms with Crippen LogP contribution < -0.4 is 10.8 Å². The van der Waals surface area contributed by atoms with Gasteiger partial charge in [-0.3, -0.25) is 0 Å². The molecule has 1 saturated heterocycles. The molecule has 1 fully saturated rings. The van der Waals surface area contributed by atoms with Gasteiger partial charge in [-0.25, -0.2) is 4.98 Å². The largest absolute Gasteiger partial charge is 0.488 e. The number of piperidine rings is 1. The summed E-state index contributed by atoms with van der Waals surface area (Å²) >= 11 is 5.86. The van der Waals surface area contributed by atoms with Crippen LogP contribution in [0, 0.1) is 0 Å². The molecule has 6 heteroatoms. The summed E-state index contributed by atoms with van der Waals surface area (Å²) in [5, 5.41) is 21.9. The lowest BCUT2D eigenvalue weighted by atomic mass is 9.79. The number of hydrogen-bond donors (Lipinski definition) is 3. The van der Waals surface area contributed by atoms with Crippen molar-refractivity contribution in [3.63, 3.8) is 0 Å². The maximum absolute atomic E-state index is 9.12. The summed E-state index contributed by atoms with van der Waals surface area (Å²) < 4.78 is 0. The highest BCUT2D eigenvalue weighted by Gasteiger charge is 2.20. The smallest absolute Gasteiger partial charge is 0.423 e. The molecule has 0 amide bonds. The Kier molecular flexibility index (Phi) is 3.81. The molecular weight excluding hydrogens is 226 g/mol. The minimum Gasteiger partial charge on any atom is -0.423 e. The highest BCUT2D eigenvalue weighted by molar-refractivity contribution is 6.59. The van der Waals surface area contributed by atoms with E-state index in [1.165, 1.54) is 6.07 Å². The van der Waals surface area contributed by atoms with Crippen LogP contribution in [0.5, 0.6) is 0 Å². The summed E-state index contributed by atoms with van der Waals surface area (Å²) in [6.07, 6.45) is 2.16. The van der Waals surface area contributed by atoms with Crippen molar-refractivity contribution in [1.82, 2.24) is 10.3 Å². The number of nitrogens with one attached hydrogen (secondary N) is 1. The summed E-state index contributed by atoms with van der Waals surface area (Å²) in [4.78, 5) is 4.24. The van der Waals surface area contributed by atoms with Crippen molar-refractivity contribution in [2.75, 3.05) is 13.1 Å². The van der Waals surface area contributed by atoms with Gasteiger partial charge in [-0.2, -0.15) is 0 Å². The molecule has 1 atom stereocenters. The molecule has 4 nitrogen and oxygen atoms in total. The predicted octanol–water partition coefficient (Wildman–Crippen LogP) is -0.118. The average Bonchev–Trinajstić information content (AvgIpc) is 2.29. The van der Waals surface area contributed by atoms with Crippen molar-refractivity contribution >= 4 is 24.2 Å². The van der Waals surface area contributed by atoms with Gasteiger partial charge in [0.2, 0.25) is 0 Å². The van der Waals surface area contributed by atoms with E-state index < -0.39 is 7.12 Å². The molecule has 86 valence electrons. The van der Waals surface area contributed by atoms with Crippen LogP contribution in [0.4, 0.5) is 0 Å². The number of pyridine rings is 1. The van der Waals surface area contributed by atoms with Gasteiger partial charge in [-0.15, -0.1) is 0 Å². The van der Waals surface area contributed by atoms with Gasteiger partial charge in [0.15, 0.2) is 0 Å². The van der Waals surface area contributed by atoms with Crippen LogP contribution >= 0.6 is 11.6 Å². The molecule has 0 saturated carbocycles. The van der Waals surface area contributed by atoms with Gasteiger partial charge < -0.3 is 15.4 Å². The molecule has 1 unspecified atom stereocenters. The fourth-order valence-electron chi connectivity index (χ4n) is 2.00. The van der Waals surface area contributed by atoms with Gasteiger partial charge in [-0.05, 0) is 37.0 Å². The summed E-state index contributed by atoms with van der Waals surface area (Å²) in [6, 6.07) is 3.19. The van der Waals surface area contributed by atoms with Crippen molar-refractivity contribution in [1.29, 1.82) is 0 Å². The third kappa shape index (κ3) is 2.74. The molecule has 2 heterocycles. The Hall–Kier alpha value is -0.615. The molecule has 0 aromatic carbocycles. The van der Waals surface area contributed by atoms with E-state index in [0.29, 0.717) is 16.5 Å². The molecule has 0 aliphatic carbocycles. The van der Waals surface area contributed by atoms with Gasteiger partial charge in [-0.1, -0.05) is 11.6 Å². The van der Waals surface area contributed by atoms with Crippen LogP contribution in [0.3, 0.4) is 0 Å². The third-order valence-electron chi connectivity index (χ3n) is 2.85. The first-order chi connectivity index (χ1) is 7.66. The Balaban J connectivity index is 2.25. The highest BCUT2D eigenvalue weighted by atomic mass is 35.5. The Morgan fingerprint density at radius 3 is 2.88 bits per heavy atom. The summed E-state index contributed by atoms with van der Waals surface area (Å²) in [6.45, 7) is 1.90. The molecular formula is C10H14BClN2O2. The SMILES string of the molecule is OB(O)c1cc(Cl)nc(C2CCCNC2)c1. The van der Waals surface area contributed by atoms with Crippen LogP contribution in [-0.2, 0) is 0 Å². The first-order valence-electron chi connectivity index (χ1n) is 5.41. The quantitative estimate of drug-likeness (QED) is 0.498. The molecule has 0 spiro atoms. The summed E-state index contributed by atoms with van der Waals surface area (Å²) in [5.74, 6) is 0.310. The second-order valence-corrected chi connectivity index (χ2v) is 4.45. The molecule has 2 rings (SSSR count). The minimum absolute atomic E-state index is 0.310. The van der Waals surface area contributed by atoms with Gasteiger partial charge in [0, 0.05) is 18.2 Å². The van der Waals surface area contributed by atoms with Crippen molar-refractivity contribution in [2.24, 2.45) is 0 Å². The lowest BCUT2D eigenvalue weighted by molar-refractivity contribution is 0.425. The van der Waals surface area contributed by atoms with E-state index in [0.717, 1.165) is 31.6 Å². The van der Waals surface area contributed by atoms with Crippen molar-refractivity contribution in [3.8, 4) is 0 Å². The number of hydrogen-bond acceptors (Lipinski definition) is 4. The van der Waals surface area contributed by atoms with Crippen LogP contribution in [0.1, 0.15) is 24.5 Å². The van der Waals surface area contributed by atoms with Crippen LogP contribution in [0.15, 0.2) is 12.1 Å². The fourth-order valence-corrected chi connectivity index (χ4v) is 2.22. The molecule has 0 radical (unpaired) electrons. The second-order valence-electron chi connectivity index (χ2n) is 4.07. The average molecular weight is 240 g/mol. The molecule has 0 bridgehead atoms. The Labute approximate surface area is 99.8 Å². The van der Waals surface area contributed by atoms with Gasteiger partial charge >= 0.3 is 7.12 Å². The topological polar surface area (TPSA) is 65.4 Å². The third-order valence-corrected chi connectivity index (χ3v) is 3.04. The maximum Gasteiger partial charge on any atom is 0.488 e. The van der Waals surface area contributed by atoms with E-state index in [4.69, 9.17) is 21.6 Å². The molecule has 1 aromatic rings. The Morgan fingerprint density at radius 1 is 1.44 bits per heavy atom. The van der Waals surface area contributed by atoms with E-state index in [1.807, 2.05) is 0 Å². The van der Waals surface area contributed by atoms with Crippen molar-refractivity contribution in [2.45, 2.75) is 18.8 Å². The minimum atomic E-state index is -1.49.